The Labute approximate surface area is 158 Å². The van der Waals surface area contributed by atoms with E-state index in [2.05, 4.69) is 4.72 Å². The Balaban J connectivity index is 1.94. The summed E-state index contributed by atoms with van der Waals surface area (Å²) in [6.07, 6.45) is 5.85. The van der Waals surface area contributed by atoms with E-state index >= 15 is 0 Å². The van der Waals surface area contributed by atoms with Crippen molar-refractivity contribution in [1.29, 1.82) is 0 Å². The lowest BCUT2D eigenvalue weighted by Crippen LogP contribution is -2.28. The number of hydrogen-bond donors (Lipinski definition) is 1. The molecule has 3 rings (SSSR count). The van der Waals surface area contributed by atoms with Crippen LogP contribution in [0.1, 0.15) is 18.4 Å². The average Bonchev–Trinajstić information content (AvgIpc) is 3.15. The summed E-state index contributed by atoms with van der Waals surface area (Å²) in [4.78, 5) is 12.9. The number of nitro benzene ring substituents is 1. The summed E-state index contributed by atoms with van der Waals surface area (Å²) in [6, 6.07) is 13.9. The molecule has 1 atom stereocenters. The van der Waals surface area contributed by atoms with Crippen molar-refractivity contribution in [3.05, 3.63) is 70.3 Å². The summed E-state index contributed by atoms with van der Waals surface area (Å²) in [7, 11) is -2.46. The van der Waals surface area contributed by atoms with Gasteiger partial charge in [-0.05, 0) is 37.6 Å². The zero-order valence-corrected chi connectivity index (χ0v) is 15.7. The molecule has 8 heteroatoms. The van der Waals surface area contributed by atoms with Gasteiger partial charge >= 0.3 is 0 Å². The third kappa shape index (κ3) is 4.17. The van der Waals surface area contributed by atoms with Crippen molar-refractivity contribution in [3.8, 4) is 0 Å². The number of anilines is 1. The van der Waals surface area contributed by atoms with Gasteiger partial charge in [0.25, 0.3) is 5.69 Å². The molecule has 0 amide bonds. The maximum Gasteiger partial charge on any atom is 0.293 e. The quantitative estimate of drug-likeness (QED) is 0.607. The van der Waals surface area contributed by atoms with Crippen molar-refractivity contribution in [3.63, 3.8) is 0 Å². The van der Waals surface area contributed by atoms with Crippen LogP contribution in [0.25, 0.3) is 6.08 Å². The van der Waals surface area contributed by atoms with Crippen LogP contribution in [-0.2, 0) is 10.0 Å². The molecular formula is C19H21N3O4S. The minimum Gasteiger partial charge on any atom is -0.360 e. The molecule has 1 N–H and O–H groups in total. The van der Waals surface area contributed by atoms with Gasteiger partial charge in [-0.25, -0.2) is 13.1 Å². The molecule has 142 valence electrons. The molecule has 2 aromatic carbocycles. The molecule has 1 heterocycles. The third-order valence-corrected chi connectivity index (χ3v) is 6.05. The number of benzene rings is 2. The monoisotopic (exact) mass is 387 g/mol. The van der Waals surface area contributed by atoms with E-state index in [0.717, 1.165) is 24.5 Å². The van der Waals surface area contributed by atoms with Gasteiger partial charge in [0.2, 0.25) is 10.0 Å². The minimum absolute atomic E-state index is 0.0238. The van der Waals surface area contributed by atoms with Gasteiger partial charge in [0.1, 0.15) is 5.69 Å². The number of hydrogen-bond acceptors (Lipinski definition) is 5. The Bertz CT molecular complexity index is 958. The first kappa shape index (κ1) is 19.1. The van der Waals surface area contributed by atoms with Crippen LogP contribution in [0, 0.1) is 10.1 Å². The van der Waals surface area contributed by atoms with Crippen molar-refractivity contribution < 1.29 is 13.3 Å². The van der Waals surface area contributed by atoms with Gasteiger partial charge in [-0.3, -0.25) is 10.1 Å². The molecule has 2 aromatic rings. The van der Waals surface area contributed by atoms with Gasteiger partial charge in [0.15, 0.2) is 0 Å². The van der Waals surface area contributed by atoms with Crippen LogP contribution in [0.4, 0.5) is 11.4 Å². The summed E-state index contributed by atoms with van der Waals surface area (Å²) in [6.45, 7) is 0.683. The first-order valence-corrected chi connectivity index (χ1v) is 10.1. The van der Waals surface area contributed by atoms with E-state index in [1.165, 1.54) is 19.2 Å². The molecule has 1 saturated heterocycles. The molecule has 0 radical (unpaired) electrons. The molecule has 27 heavy (non-hydrogen) atoms. The maximum atomic E-state index is 12.0. The maximum absolute atomic E-state index is 12.0. The average molecular weight is 387 g/mol. The summed E-state index contributed by atoms with van der Waals surface area (Å²) >= 11 is 0. The lowest BCUT2D eigenvalue weighted by molar-refractivity contribution is -0.384. The zero-order chi connectivity index (χ0) is 19.4. The summed E-state index contributed by atoms with van der Waals surface area (Å²) in [5.41, 5.74) is 1.30. The Hall–Kier alpha value is -2.71. The highest BCUT2D eigenvalue weighted by molar-refractivity contribution is 7.89. The van der Waals surface area contributed by atoms with Gasteiger partial charge in [-0.1, -0.05) is 42.5 Å². The molecule has 1 aliphatic rings. The fourth-order valence-electron chi connectivity index (χ4n) is 3.26. The van der Waals surface area contributed by atoms with Crippen LogP contribution in [0.3, 0.4) is 0 Å². The molecule has 1 fully saturated rings. The van der Waals surface area contributed by atoms with Gasteiger partial charge in [0, 0.05) is 18.7 Å². The molecule has 1 aliphatic heterocycles. The molecule has 7 nitrogen and oxygen atoms in total. The van der Waals surface area contributed by atoms with Gasteiger partial charge < -0.3 is 4.90 Å². The van der Waals surface area contributed by atoms with Crippen LogP contribution < -0.4 is 9.62 Å². The van der Waals surface area contributed by atoms with Gasteiger partial charge in [-0.2, -0.15) is 0 Å². The number of nitrogens with zero attached hydrogens (tertiary/aromatic N) is 2. The summed E-state index contributed by atoms with van der Waals surface area (Å²) in [5.74, 6) is 0. The van der Waals surface area contributed by atoms with Gasteiger partial charge in [0.05, 0.1) is 9.82 Å². The lowest BCUT2D eigenvalue weighted by atomic mass is 10.1. The first-order chi connectivity index (χ1) is 12.9. The predicted molar refractivity (Wildman–Crippen MR) is 105 cm³/mol. The summed E-state index contributed by atoms with van der Waals surface area (Å²) < 4.78 is 26.1. The highest BCUT2D eigenvalue weighted by Crippen LogP contribution is 2.35. The Kier molecular flexibility index (Phi) is 5.57. The second-order valence-corrected chi connectivity index (χ2v) is 8.17. The number of nitro groups is 1. The molecule has 0 saturated carbocycles. The van der Waals surface area contributed by atoms with Crippen molar-refractivity contribution >= 4 is 27.5 Å². The molecule has 0 spiro atoms. The zero-order valence-electron chi connectivity index (χ0n) is 14.9. The van der Waals surface area contributed by atoms with Crippen LogP contribution in [0.15, 0.2) is 59.5 Å². The Morgan fingerprint density at radius 1 is 1.22 bits per heavy atom. The van der Waals surface area contributed by atoms with Crippen molar-refractivity contribution in [2.24, 2.45) is 0 Å². The van der Waals surface area contributed by atoms with Crippen LogP contribution in [-0.4, -0.2) is 33.0 Å². The highest BCUT2D eigenvalue weighted by atomic mass is 32.2. The minimum atomic E-state index is -3.74. The lowest BCUT2D eigenvalue weighted by Gasteiger charge is -2.24. The van der Waals surface area contributed by atoms with Crippen LogP contribution in [0.5, 0.6) is 0 Å². The number of nitrogens with one attached hydrogen (secondary N) is 1. The second-order valence-electron chi connectivity index (χ2n) is 6.29. The fourth-order valence-corrected chi connectivity index (χ4v) is 4.01. The fraction of sp³-hybridized carbons (Fsp3) is 0.263. The van der Waals surface area contributed by atoms with E-state index in [4.69, 9.17) is 0 Å². The Morgan fingerprint density at radius 3 is 2.63 bits per heavy atom. The van der Waals surface area contributed by atoms with Crippen molar-refractivity contribution in [2.75, 3.05) is 18.5 Å². The second kappa shape index (κ2) is 7.89. The third-order valence-electron chi connectivity index (χ3n) is 4.64. The van der Waals surface area contributed by atoms with E-state index in [0.29, 0.717) is 12.2 Å². The summed E-state index contributed by atoms with van der Waals surface area (Å²) in [5, 5.41) is 11.6. The molecule has 0 bridgehead atoms. The van der Waals surface area contributed by atoms with E-state index in [1.807, 2.05) is 47.4 Å². The van der Waals surface area contributed by atoms with Gasteiger partial charge in [-0.15, -0.1) is 0 Å². The van der Waals surface area contributed by atoms with Crippen LogP contribution in [0.2, 0.25) is 0 Å². The smallest absolute Gasteiger partial charge is 0.293 e. The molecular weight excluding hydrogens is 366 g/mol. The Morgan fingerprint density at radius 2 is 1.96 bits per heavy atom. The molecule has 1 unspecified atom stereocenters. The first-order valence-electron chi connectivity index (χ1n) is 8.64. The standard InChI is InChI=1S/C19H21N3O4S/c1-20-27(25,26)17-11-12-18(19(14-17)22(23)24)21-13-5-8-16(21)10-9-15-6-3-2-4-7-15/h2-4,6-7,9-12,14,16,20H,5,8,13H2,1H3. The number of sulfonamides is 1. The molecule has 0 aromatic heterocycles. The van der Waals surface area contributed by atoms with E-state index in [9.17, 15) is 18.5 Å². The molecule has 0 aliphatic carbocycles. The van der Waals surface area contributed by atoms with E-state index < -0.39 is 14.9 Å². The SMILES string of the molecule is CNS(=O)(=O)c1ccc(N2CCCC2C=Cc2ccccc2)c([N+](=O)[O-])c1. The highest BCUT2D eigenvalue weighted by Gasteiger charge is 2.29. The van der Waals surface area contributed by atoms with Crippen molar-refractivity contribution in [1.82, 2.24) is 4.72 Å². The van der Waals surface area contributed by atoms with Crippen molar-refractivity contribution in [2.45, 2.75) is 23.8 Å². The topological polar surface area (TPSA) is 92.6 Å². The van der Waals surface area contributed by atoms with E-state index in [-0.39, 0.29) is 16.6 Å². The van der Waals surface area contributed by atoms with E-state index in [1.54, 1.807) is 0 Å². The predicted octanol–water partition coefficient (Wildman–Crippen LogP) is 3.19. The number of rotatable bonds is 6. The largest absolute Gasteiger partial charge is 0.360 e. The normalized spacial score (nSPS) is 17.5. The van der Waals surface area contributed by atoms with Crippen LogP contribution >= 0.6 is 0 Å².